The zero-order chi connectivity index (χ0) is 15.6. The van der Waals surface area contributed by atoms with Crippen LogP contribution in [0.4, 0.5) is 0 Å². The standard InChI is InChI=1S/C14H18ClNO4S/c1-10-6-7-13(11(15)9-10)21(19,20)16-8-4-2-3-5-12(16)14(17)18/h6-7,9,12H,2-5,8H2,1H3,(H,17,18). The predicted octanol–water partition coefficient (Wildman–Crippen LogP) is 2.67. The Hall–Kier alpha value is -1.11. The molecular weight excluding hydrogens is 314 g/mol. The number of aryl methyl sites for hydroxylation is 1. The van der Waals surface area contributed by atoms with Crippen LogP contribution in [0.25, 0.3) is 0 Å². The van der Waals surface area contributed by atoms with Crippen molar-refractivity contribution in [3.63, 3.8) is 0 Å². The van der Waals surface area contributed by atoms with Gasteiger partial charge in [0, 0.05) is 6.54 Å². The summed E-state index contributed by atoms with van der Waals surface area (Å²) in [6.07, 6.45) is 2.53. The quantitative estimate of drug-likeness (QED) is 0.924. The van der Waals surface area contributed by atoms with Gasteiger partial charge in [-0.25, -0.2) is 8.42 Å². The van der Waals surface area contributed by atoms with E-state index in [1.165, 1.54) is 6.07 Å². The van der Waals surface area contributed by atoms with Crippen molar-refractivity contribution in [3.05, 3.63) is 28.8 Å². The van der Waals surface area contributed by atoms with E-state index >= 15 is 0 Å². The Morgan fingerprint density at radius 3 is 2.67 bits per heavy atom. The Morgan fingerprint density at radius 1 is 1.33 bits per heavy atom. The lowest BCUT2D eigenvalue weighted by Crippen LogP contribution is -2.44. The smallest absolute Gasteiger partial charge is 0.322 e. The van der Waals surface area contributed by atoms with Crippen LogP contribution in [0.5, 0.6) is 0 Å². The molecule has 1 N–H and O–H groups in total. The lowest BCUT2D eigenvalue weighted by atomic mass is 10.1. The van der Waals surface area contributed by atoms with Crippen molar-refractivity contribution in [1.29, 1.82) is 0 Å². The van der Waals surface area contributed by atoms with Crippen molar-refractivity contribution in [2.75, 3.05) is 6.54 Å². The van der Waals surface area contributed by atoms with Crippen LogP contribution < -0.4 is 0 Å². The van der Waals surface area contributed by atoms with Gasteiger partial charge in [0.2, 0.25) is 10.0 Å². The van der Waals surface area contributed by atoms with Crippen LogP contribution in [0.15, 0.2) is 23.1 Å². The average Bonchev–Trinajstić information content (AvgIpc) is 2.64. The Bertz CT molecular complexity index is 644. The van der Waals surface area contributed by atoms with E-state index in [0.29, 0.717) is 19.3 Å². The number of aliphatic carboxylic acids is 1. The van der Waals surface area contributed by atoms with Crippen molar-refractivity contribution in [3.8, 4) is 0 Å². The van der Waals surface area contributed by atoms with Gasteiger partial charge in [-0.15, -0.1) is 0 Å². The number of carboxylic acid groups (broad SMARTS) is 1. The monoisotopic (exact) mass is 331 g/mol. The van der Waals surface area contributed by atoms with Gasteiger partial charge in [0.1, 0.15) is 10.9 Å². The van der Waals surface area contributed by atoms with Crippen molar-refractivity contribution in [2.24, 2.45) is 0 Å². The first-order valence-corrected chi connectivity index (χ1v) is 8.66. The average molecular weight is 332 g/mol. The fourth-order valence-corrected chi connectivity index (χ4v) is 4.78. The molecule has 1 unspecified atom stereocenters. The Labute approximate surface area is 129 Å². The Kier molecular flexibility index (Phi) is 4.91. The van der Waals surface area contributed by atoms with E-state index in [1.807, 2.05) is 6.92 Å². The van der Waals surface area contributed by atoms with E-state index < -0.39 is 22.0 Å². The Morgan fingerprint density at radius 2 is 2.05 bits per heavy atom. The number of carboxylic acids is 1. The summed E-state index contributed by atoms with van der Waals surface area (Å²) in [4.78, 5) is 11.4. The zero-order valence-corrected chi connectivity index (χ0v) is 13.3. The summed E-state index contributed by atoms with van der Waals surface area (Å²) in [6.45, 7) is 2.03. The molecule has 1 aliphatic heterocycles. The van der Waals surface area contributed by atoms with Crippen LogP contribution in [-0.2, 0) is 14.8 Å². The fourth-order valence-electron chi connectivity index (χ4n) is 2.56. The largest absolute Gasteiger partial charge is 0.480 e. The second-order valence-corrected chi connectivity index (χ2v) is 7.52. The maximum absolute atomic E-state index is 12.8. The lowest BCUT2D eigenvalue weighted by molar-refractivity contribution is -0.141. The highest BCUT2D eigenvalue weighted by Crippen LogP contribution is 2.29. The molecule has 2 rings (SSSR count). The number of benzene rings is 1. The van der Waals surface area contributed by atoms with Gasteiger partial charge in [-0.05, 0) is 37.5 Å². The number of hydrogen-bond donors (Lipinski definition) is 1. The number of hydrogen-bond acceptors (Lipinski definition) is 3. The molecule has 1 fully saturated rings. The second-order valence-electron chi connectivity index (χ2n) is 5.25. The van der Waals surface area contributed by atoms with Crippen LogP contribution in [-0.4, -0.2) is 36.4 Å². The molecule has 0 bridgehead atoms. The summed E-state index contributed by atoms with van der Waals surface area (Å²) in [6, 6.07) is 3.65. The van der Waals surface area contributed by atoms with Crippen LogP contribution >= 0.6 is 11.6 Å². The van der Waals surface area contributed by atoms with E-state index in [4.69, 9.17) is 11.6 Å². The van der Waals surface area contributed by atoms with Gasteiger partial charge in [-0.2, -0.15) is 4.31 Å². The van der Waals surface area contributed by atoms with Crippen molar-refractivity contribution < 1.29 is 18.3 Å². The normalized spacial score (nSPS) is 21.0. The van der Waals surface area contributed by atoms with E-state index in [2.05, 4.69) is 0 Å². The predicted molar refractivity (Wildman–Crippen MR) is 80.0 cm³/mol. The highest BCUT2D eigenvalue weighted by Gasteiger charge is 2.37. The second kappa shape index (κ2) is 6.34. The highest BCUT2D eigenvalue weighted by molar-refractivity contribution is 7.89. The Balaban J connectivity index is 2.46. The number of nitrogens with zero attached hydrogens (tertiary/aromatic N) is 1. The van der Waals surface area contributed by atoms with Crippen molar-refractivity contribution in [2.45, 2.75) is 43.5 Å². The summed E-state index contributed by atoms with van der Waals surface area (Å²) < 4.78 is 26.6. The molecule has 116 valence electrons. The molecule has 0 aliphatic carbocycles. The first-order chi connectivity index (χ1) is 9.84. The molecule has 0 aromatic heterocycles. The van der Waals surface area contributed by atoms with Gasteiger partial charge < -0.3 is 5.11 Å². The van der Waals surface area contributed by atoms with Gasteiger partial charge in [0.05, 0.1) is 5.02 Å². The van der Waals surface area contributed by atoms with Crippen LogP contribution in [0, 0.1) is 6.92 Å². The SMILES string of the molecule is Cc1ccc(S(=O)(=O)N2CCCCCC2C(=O)O)c(Cl)c1. The molecule has 7 heteroatoms. The molecule has 0 spiro atoms. The highest BCUT2D eigenvalue weighted by atomic mass is 35.5. The summed E-state index contributed by atoms with van der Waals surface area (Å²) in [5, 5.41) is 9.45. The zero-order valence-electron chi connectivity index (χ0n) is 11.8. The minimum atomic E-state index is -3.91. The van der Waals surface area contributed by atoms with Crippen molar-refractivity contribution >= 4 is 27.6 Å². The molecular formula is C14H18ClNO4S. The van der Waals surface area contributed by atoms with Crippen LogP contribution in [0.3, 0.4) is 0 Å². The first kappa shape index (κ1) is 16.3. The third kappa shape index (κ3) is 3.39. The summed E-state index contributed by atoms with van der Waals surface area (Å²) >= 11 is 6.05. The first-order valence-electron chi connectivity index (χ1n) is 6.85. The third-order valence-electron chi connectivity index (χ3n) is 3.66. The molecule has 0 saturated carbocycles. The minimum Gasteiger partial charge on any atom is -0.480 e. The molecule has 5 nitrogen and oxygen atoms in total. The summed E-state index contributed by atoms with van der Waals surface area (Å²) in [5.74, 6) is -1.11. The topological polar surface area (TPSA) is 74.7 Å². The molecule has 0 amide bonds. The van der Waals surface area contributed by atoms with E-state index in [1.54, 1.807) is 12.1 Å². The van der Waals surface area contributed by atoms with Crippen LogP contribution in [0.2, 0.25) is 5.02 Å². The molecule has 1 saturated heterocycles. The van der Waals surface area contributed by atoms with E-state index in [9.17, 15) is 18.3 Å². The van der Waals surface area contributed by atoms with E-state index in [0.717, 1.165) is 16.3 Å². The van der Waals surface area contributed by atoms with Crippen molar-refractivity contribution in [1.82, 2.24) is 4.31 Å². The minimum absolute atomic E-state index is 0.0251. The van der Waals surface area contributed by atoms with Gasteiger partial charge in [-0.3, -0.25) is 4.79 Å². The van der Waals surface area contributed by atoms with Gasteiger partial charge in [0.25, 0.3) is 0 Å². The van der Waals surface area contributed by atoms with Gasteiger partial charge in [0.15, 0.2) is 0 Å². The molecule has 1 aliphatic rings. The molecule has 21 heavy (non-hydrogen) atoms. The van der Waals surface area contributed by atoms with Crippen LogP contribution in [0.1, 0.15) is 31.2 Å². The third-order valence-corrected chi connectivity index (χ3v) is 6.05. The van der Waals surface area contributed by atoms with Gasteiger partial charge in [-0.1, -0.05) is 30.5 Å². The molecule has 1 aromatic rings. The number of halogens is 1. The summed E-state index contributed by atoms with van der Waals surface area (Å²) in [7, 11) is -3.91. The molecule has 1 atom stereocenters. The number of sulfonamides is 1. The maximum Gasteiger partial charge on any atom is 0.322 e. The van der Waals surface area contributed by atoms with Gasteiger partial charge >= 0.3 is 5.97 Å². The number of carbonyl (C=O) groups is 1. The lowest BCUT2D eigenvalue weighted by Gasteiger charge is -2.26. The van der Waals surface area contributed by atoms with E-state index in [-0.39, 0.29) is 16.5 Å². The molecule has 0 radical (unpaired) electrons. The number of rotatable bonds is 3. The summed E-state index contributed by atoms with van der Waals surface area (Å²) in [5.41, 5.74) is 0.851. The molecule has 1 heterocycles. The fraction of sp³-hybridized carbons (Fsp3) is 0.500. The molecule has 1 aromatic carbocycles. The maximum atomic E-state index is 12.8.